The highest BCUT2D eigenvalue weighted by Gasteiger charge is 1.93. The van der Waals surface area contributed by atoms with Crippen molar-refractivity contribution >= 4 is 15.9 Å². The van der Waals surface area contributed by atoms with Crippen LogP contribution in [0.1, 0.15) is 5.56 Å². The van der Waals surface area contributed by atoms with Crippen LogP contribution in [0.15, 0.2) is 22.9 Å². The number of aliphatic hydroxyl groups is 1. The summed E-state index contributed by atoms with van der Waals surface area (Å²) in [7, 11) is 0. The van der Waals surface area contributed by atoms with Gasteiger partial charge in [-0.1, -0.05) is 0 Å². The predicted molar refractivity (Wildman–Crippen MR) is 48.7 cm³/mol. The maximum Gasteiger partial charge on any atom is 0.0733 e. The van der Waals surface area contributed by atoms with Crippen LogP contribution in [-0.4, -0.2) is 23.3 Å². The van der Waals surface area contributed by atoms with Crippen molar-refractivity contribution in [2.45, 2.75) is 6.61 Å². The number of halogens is 1. The molecule has 0 radical (unpaired) electrons. The lowest BCUT2D eigenvalue weighted by molar-refractivity contribution is 0.0814. The Hall–Kier alpha value is -0.450. The fourth-order valence-corrected chi connectivity index (χ4v) is 1.20. The summed E-state index contributed by atoms with van der Waals surface area (Å²) in [5, 5.41) is 8.45. The summed E-state index contributed by atoms with van der Waals surface area (Å²) in [5.41, 5.74) is 0.998. The Morgan fingerprint density at radius 2 is 2.33 bits per heavy atom. The smallest absolute Gasteiger partial charge is 0.0733 e. The first kappa shape index (κ1) is 9.64. The molecule has 0 spiro atoms. The molecule has 1 rings (SSSR count). The van der Waals surface area contributed by atoms with Crippen molar-refractivity contribution in [2.24, 2.45) is 0 Å². The Balaban J connectivity index is 2.41. The van der Waals surface area contributed by atoms with E-state index < -0.39 is 0 Å². The standard InChI is InChI=1S/C8H10BrNO2/c9-8-3-7(4-10-5-8)6-12-2-1-11/h3-5,11H,1-2,6H2. The molecule has 0 atom stereocenters. The maximum absolute atomic E-state index is 8.45. The molecule has 0 saturated carbocycles. The number of pyridine rings is 1. The second-order valence-corrected chi connectivity index (χ2v) is 3.20. The third-order valence-electron chi connectivity index (χ3n) is 1.27. The third kappa shape index (κ3) is 3.30. The van der Waals surface area contributed by atoms with Crippen LogP contribution >= 0.6 is 15.9 Å². The van der Waals surface area contributed by atoms with Crippen LogP contribution in [0.3, 0.4) is 0 Å². The molecule has 0 bridgehead atoms. The molecule has 0 aliphatic heterocycles. The van der Waals surface area contributed by atoms with Crippen molar-refractivity contribution in [3.63, 3.8) is 0 Å². The van der Waals surface area contributed by atoms with Crippen LogP contribution in [0.4, 0.5) is 0 Å². The first-order chi connectivity index (χ1) is 5.83. The van der Waals surface area contributed by atoms with E-state index in [0.29, 0.717) is 13.2 Å². The Morgan fingerprint density at radius 1 is 1.50 bits per heavy atom. The van der Waals surface area contributed by atoms with Gasteiger partial charge in [0.1, 0.15) is 0 Å². The van der Waals surface area contributed by atoms with Gasteiger partial charge in [-0.05, 0) is 27.6 Å². The minimum Gasteiger partial charge on any atom is -0.394 e. The van der Waals surface area contributed by atoms with E-state index in [4.69, 9.17) is 9.84 Å². The molecule has 1 heterocycles. The van der Waals surface area contributed by atoms with Crippen molar-refractivity contribution in [3.05, 3.63) is 28.5 Å². The Morgan fingerprint density at radius 3 is 3.00 bits per heavy atom. The van der Waals surface area contributed by atoms with E-state index in [1.165, 1.54) is 0 Å². The fourth-order valence-electron chi connectivity index (χ4n) is 0.789. The van der Waals surface area contributed by atoms with Crippen molar-refractivity contribution in [2.75, 3.05) is 13.2 Å². The summed E-state index contributed by atoms with van der Waals surface area (Å²) in [4.78, 5) is 3.97. The highest BCUT2D eigenvalue weighted by Crippen LogP contribution is 2.09. The molecule has 66 valence electrons. The Labute approximate surface area is 79.5 Å². The lowest BCUT2D eigenvalue weighted by Gasteiger charge is -2.01. The average molecular weight is 232 g/mol. The number of hydrogen-bond acceptors (Lipinski definition) is 3. The van der Waals surface area contributed by atoms with Gasteiger partial charge >= 0.3 is 0 Å². The highest BCUT2D eigenvalue weighted by molar-refractivity contribution is 9.10. The van der Waals surface area contributed by atoms with Crippen molar-refractivity contribution in [1.29, 1.82) is 0 Å². The van der Waals surface area contributed by atoms with Gasteiger partial charge in [0.2, 0.25) is 0 Å². The second-order valence-electron chi connectivity index (χ2n) is 2.29. The van der Waals surface area contributed by atoms with Gasteiger partial charge in [0.15, 0.2) is 0 Å². The molecular formula is C8H10BrNO2. The maximum atomic E-state index is 8.45. The highest BCUT2D eigenvalue weighted by atomic mass is 79.9. The van der Waals surface area contributed by atoms with Crippen LogP contribution in [0.5, 0.6) is 0 Å². The molecule has 1 aromatic heterocycles. The summed E-state index contributed by atoms with van der Waals surface area (Å²) in [5.74, 6) is 0. The Kier molecular flexibility index (Phi) is 4.21. The topological polar surface area (TPSA) is 42.4 Å². The molecule has 1 aromatic rings. The summed E-state index contributed by atoms with van der Waals surface area (Å²) in [6.45, 7) is 0.918. The monoisotopic (exact) mass is 231 g/mol. The van der Waals surface area contributed by atoms with E-state index in [1.807, 2.05) is 6.07 Å². The zero-order chi connectivity index (χ0) is 8.81. The van der Waals surface area contributed by atoms with Crippen molar-refractivity contribution < 1.29 is 9.84 Å². The van der Waals surface area contributed by atoms with Gasteiger partial charge in [-0.25, -0.2) is 0 Å². The van der Waals surface area contributed by atoms with Gasteiger partial charge < -0.3 is 9.84 Å². The van der Waals surface area contributed by atoms with Gasteiger partial charge in [0.25, 0.3) is 0 Å². The number of nitrogens with zero attached hydrogens (tertiary/aromatic N) is 1. The van der Waals surface area contributed by atoms with E-state index in [-0.39, 0.29) is 6.61 Å². The lowest BCUT2D eigenvalue weighted by Crippen LogP contribution is -1.99. The molecule has 0 aliphatic carbocycles. The molecule has 0 aliphatic rings. The molecule has 0 saturated heterocycles. The van der Waals surface area contributed by atoms with Crippen LogP contribution in [0.2, 0.25) is 0 Å². The molecular weight excluding hydrogens is 222 g/mol. The van der Waals surface area contributed by atoms with Crippen molar-refractivity contribution in [1.82, 2.24) is 4.98 Å². The van der Waals surface area contributed by atoms with Crippen LogP contribution < -0.4 is 0 Å². The van der Waals surface area contributed by atoms with Gasteiger partial charge in [0, 0.05) is 16.9 Å². The lowest BCUT2D eigenvalue weighted by atomic mass is 10.3. The number of rotatable bonds is 4. The molecule has 0 unspecified atom stereocenters. The van der Waals surface area contributed by atoms with Crippen molar-refractivity contribution in [3.8, 4) is 0 Å². The molecule has 0 aromatic carbocycles. The summed E-state index contributed by atoms with van der Waals surface area (Å²) in [6.07, 6.45) is 3.46. The van der Waals surface area contributed by atoms with Crippen LogP contribution in [0.25, 0.3) is 0 Å². The number of ether oxygens (including phenoxy) is 1. The molecule has 12 heavy (non-hydrogen) atoms. The zero-order valence-electron chi connectivity index (χ0n) is 6.53. The SMILES string of the molecule is OCCOCc1cncc(Br)c1. The predicted octanol–water partition coefficient (Wildman–Crippen LogP) is 1.35. The third-order valence-corrected chi connectivity index (χ3v) is 1.70. The average Bonchev–Trinajstić information content (AvgIpc) is 2.05. The normalized spacial score (nSPS) is 10.2. The van der Waals surface area contributed by atoms with Gasteiger partial charge in [-0.15, -0.1) is 0 Å². The van der Waals surface area contributed by atoms with Crippen LogP contribution in [0, 0.1) is 0 Å². The zero-order valence-corrected chi connectivity index (χ0v) is 8.12. The van der Waals surface area contributed by atoms with Gasteiger partial charge in [-0.2, -0.15) is 0 Å². The molecule has 4 heteroatoms. The van der Waals surface area contributed by atoms with E-state index in [0.717, 1.165) is 10.0 Å². The summed E-state index contributed by atoms with van der Waals surface area (Å²) < 4.78 is 6.05. The van der Waals surface area contributed by atoms with E-state index in [2.05, 4.69) is 20.9 Å². The first-order valence-corrected chi connectivity index (χ1v) is 4.40. The largest absolute Gasteiger partial charge is 0.394 e. The second kappa shape index (κ2) is 5.24. The van der Waals surface area contributed by atoms with Gasteiger partial charge in [-0.3, -0.25) is 4.98 Å². The van der Waals surface area contributed by atoms with E-state index >= 15 is 0 Å². The Bertz CT molecular complexity index is 242. The summed E-state index contributed by atoms with van der Waals surface area (Å²) >= 11 is 3.30. The first-order valence-electron chi connectivity index (χ1n) is 3.61. The van der Waals surface area contributed by atoms with Crippen LogP contribution in [-0.2, 0) is 11.3 Å². The fraction of sp³-hybridized carbons (Fsp3) is 0.375. The number of aliphatic hydroxyl groups excluding tert-OH is 1. The summed E-state index contributed by atoms with van der Waals surface area (Å²) in [6, 6.07) is 1.93. The number of hydrogen-bond donors (Lipinski definition) is 1. The molecule has 3 nitrogen and oxygen atoms in total. The molecule has 0 fully saturated rings. The number of aromatic nitrogens is 1. The van der Waals surface area contributed by atoms with E-state index in [9.17, 15) is 0 Å². The van der Waals surface area contributed by atoms with Gasteiger partial charge in [0.05, 0.1) is 19.8 Å². The van der Waals surface area contributed by atoms with E-state index in [1.54, 1.807) is 12.4 Å². The minimum atomic E-state index is 0.0570. The minimum absolute atomic E-state index is 0.0570. The molecule has 1 N–H and O–H groups in total. The molecule has 0 amide bonds. The quantitative estimate of drug-likeness (QED) is 0.797.